The number of carbonyl (C=O) groups is 2. The number of nitrogens with one attached hydrogen (secondary N) is 2. The first-order chi connectivity index (χ1) is 19.1. The summed E-state index contributed by atoms with van der Waals surface area (Å²) in [6.07, 6.45) is 13.2. The van der Waals surface area contributed by atoms with Crippen molar-refractivity contribution in [3.63, 3.8) is 0 Å². The standard InChI is InChI=1S/C22H28N4O2S.C9H13NO/c1-5-6-11-24-12-10-16(2)17-8-7-9-18(13-17)20-15-29-22(25-20)26-21(27)19(23-3)14-28-4;1-9(2,3)10-5-4-8(6-10)7-11/h6-13,15,19,23H,5,14H2,1-4H3,(H,25,26,27);4-7H,1-3H3/b11-6+,16-10+,24-12+;. The SMILES string of the molecule is CC(C)(C)n1ccc(C=O)c1.CC/C=C/N=C/C=C(\C)c1cccc(-c2csc(NC(=O)C(COC)NC)n2)c1. The van der Waals surface area contributed by atoms with Crippen molar-refractivity contribution in [3.8, 4) is 11.3 Å². The second-order valence-electron chi connectivity index (χ2n) is 9.99. The molecule has 2 aromatic heterocycles. The Morgan fingerprint density at radius 2 is 2.05 bits per heavy atom. The lowest BCUT2D eigenvalue weighted by atomic mass is 10.0. The third-order valence-electron chi connectivity index (χ3n) is 5.81. The highest BCUT2D eigenvalue weighted by Crippen LogP contribution is 2.27. The highest BCUT2D eigenvalue weighted by atomic mass is 32.1. The lowest BCUT2D eigenvalue weighted by Gasteiger charge is -2.20. The highest BCUT2D eigenvalue weighted by molar-refractivity contribution is 7.14. The van der Waals surface area contributed by atoms with E-state index in [4.69, 9.17) is 4.74 Å². The molecule has 2 heterocycles. The monoisotopic (exact) mass is 563 g/mol. The Morgan fingerprint density at radius 3 is 2.65 bits per heavy atom. The Balaban J connectivity index is 0.000000425. The molecule has 214 valence electrons. The van der Waals surface area contributed by atoms with Crippen molar-refractivity contribution in [3.05, 3.63) is 77.6 Å². The molecular formula is C31H41N5O3S. The molecule has 0 bridgehead atoms. The zero-order valence-corrected chi connectivity index (χ0v) is 25.3. The van der Waals surface area contributed by atoms with E-state index in [1.807, 2.05) is 52.7 Å². The van der Waals surface area contributed by atoms with E-state index in [2.05, 4.69) is 67.4 Å². The van der Waals surface area contributed by atoms with Gasteiger partial charge in [-0.05, 0) is 70.5 Å². The number of anilines is 1. The van der Waals surface area contributed by atoms with Crippen molar-refractivity contribution in [2.75, 3.05) is 26.1 Å². The highest BCUT2D eigenvalue weighted by Gasteiger charge is 2.17. The molecule has 0 spiro atoms. The third-order valence-corrected chi connectivity index (χ3v) is 6.57. The van der Waals surface area contributed by atoms with Gasteiger partial charge in [-0.25, -0.2) is 4.98 Å². The van der Waals surface area contributed by atoms with E-state index >= 15 is 0 Å². The number of rotatable bonds is 11. The van der Waals surface area contributed by atoms with Gasteiger partial charge in [0.1, 0.15) is 6.04 Å². The normalized spacial score (nSPS) is 12.8. The summed E-state index contributed by atoms with van der Waals surface area (Å²) in [6, 6.07) is 9.56. The molecular weight excluding hydrogens is 522 g/mol. The molecule has 0 saturated heterocycles. The Kier molecular flexibility index (Phi) is 13.4. The molecule has 8 nitrogen and oxygen atoms in total. The Hall–Kier alpha value is -3.66. The maximum absolute atomic E-state index is 12.3. The molecule has 0 radical (unpaired) electrons. The van der Waals surface area contributed by atoms with Crippen molar-refractivity contribution in [2.45, 2.75) is 52.6 Å². The van der Waals surface area contributed by atoms with Crippen LogP contribution < -0.4 is 10.6 Å². The number of thiazole rings is 1. The summed E-state index contributed by atoms with van der Waals surface area (Å²) < 4.78 is 7.08. The Morgan fingerprint density at radius 1 is 1.27 bits per heavy atom. The largest absolute Gasteiger partial charge is 0.383 e. The minimum absolute atomic E-state index is 0.0707. The number of methoxy groups -OCH3 is 1. The fourth-order valence-electron chi connectivity index (χ4n) is 3.40. The molecule has 0 saturated carbocycles. The van der Waals surface area contributed by atoms with Gasteiger partial charge in [0.2, 0.25) is 5.91 Å². The van der Waals surface area contributed by atoms with E-state index in [1.165, 1.54) is 11.3 Å². The predicted octanol–water partition coefficient (Wildman–Crippen LogP) is 6.44. The van der Waals surface area contributed by atoms with Crippen molar-refractivity contribution in [1.29, 1.82) is 0 Å². The summed E-state index contributed by atoms with van der Waals surface area (Å²) in [5.74, 6) is -0.167. The molecule has 0 aliphatic heterocycles. The zero-order valence-electron chi connectivity index (χ0n) is 24.5. The number of likely N-dealkylation sites (N-methyl/N-ethyl adjacent to an activating group) is 1. The number of hydrogen-bond acceptors (Lipinski definition) is 7. The van der Waals surface area contributed by atoms with E-state index in [0.29, 0.717) is 11.7 Å². The second kappa shape index (κ2) is 16.4. The van der Waals surface area contributed by atoms with Crippen LogP contribution in [0.2, 0.25) is 0 Å². The molecule has 1 aromatic carbocycles. The number of aromatic nitrogens is 2. The lowest BCUT2D eigenvalue weighted by Crippen LogP contribution is -2.41. The molecule has 9 heteroatoms. The Bertz CT molecular complexity index is 1310. The topological polar surface area (TPSA) is 97.6 Å². The zero-order chi connectivity index (χ0) is 29.5. The number of ether oxygens (including phenoxy) is 1. The molecule has 1 atom stereocenters. The number of benzene rings is 1. The minimum atomic E-state index is -0.419. The van der Waals surface area contributed by atoms with E-state index in [9.17, 15) is 9.59 Å². The molecule has 0 aliphatic rings. The van der Waals surface area contributed by atoms with E-state index in [0.717, 1.165) is 40.7 Å². The van der Waals surface area contributed by atoms with Crippen LogP contribution in [-0.2, 0) is 15.1 Å². The molecule has 0 fully saturated rings. The van der Waals surface area contributed by atoms with Gasteiger partial charge in [-0.3, -0.25) is 14.6 Å². The van der Waals surface area contributed by atoms with Gasteiger partial charge in [-0.2, -0.15) is 0 Å². The molecule has 40 heavy (non-hydrogen) atoms. The molecule has 1 unspecified atom stereocenters. The number of amides is 1. The van der Waals surface area contributed by atoms with Crippen molar-refractivity contribution in [2.24, 2.45) is 4.99 Å². The van der Waals surface area contributed by atoms with Gasteiger partial charge < -0.3 is 19.9 Å². The van der Waals surface area contributed by atoms with Crippen LogP contribution in [0.1, 0.15) is 57.0 Å². The van der Waals surface area contributed by atoms with Gasteiger partial charge in [0.05, 0.1) is 12.3 Å². The summed E-state index contributed by atoms with van der Waals surface area (Å²) in [6.45, 7) is 10.7. The van der Waals surface area contributed by atoms with Crippen molar-refractivity contribution < 1.29 is 14.3 Å². The molecule has 3 aromatic rings. The van der Waals surface area contributed by atoms with Crippen molar-refractivity contribution >= 4 is 40.4 Å². The predicted molar refractivity (Wildman–Crippen MR) is 167 cm³/mol. The van der Waals surface area contributed by atoms with Gasteiger partial charge in [0.25, 0.3) is 0 Å². The lowest BCUT2D eigenvalue weighted by molar-refractivity contribution is -0.119. The Labute approximate surface area is 241 Å². The molecule has 0 aliphatic carbocycles. The van der Waals surface area contributed by atoms with Crippen LogP contribution in [0.25, 0.3) is 16.8 Å². The van der Waals surface area contributed by atoms with E-state index < -0.39 is 6.04 Å². The van der Waals surface area contributed by atoms with Crippen LogP contribution in [-0.4, -0.2) is 54.8 Å². The van der Waals surface area contributed by atoms with E-state index in [-0.39, 0.29) is 11.4 Å². The number of hydrogen-bond donors (Lipinski definition) is 2. The number of carbonyl (C=O) groups excluding carboxylic acids is 2. The van der Waals surface area contributed by atoms with Crippen molar-refractivity contribution in [1.82, 2.24) is 14.9 Å². The fourth-order valence-corrected chi connectivity index (χ4v) is 4.13. The van der Waals surface area contributed by atoms with Gasteiger partial charge in [-0.1, -0.05) is 31.2 Å². The van der Waals surface area contributed by atoms with Gasteiger partial charge in [0, 0.05) is 54.0 Å². The first-order valence-electron chi connectivity index (χ1n) is 13.1. The quantitative estimate of drug-likeness (QED) is 0.207. The molecule has 3 rings (SSSR count). The van der Waals surface area contributed by atoms with Crippen LogP contribution in [0.5, 0.6) is 0 Å². The van der Waals surface area contributed by atoms with Crippen LogP contribution in [0, 0.1) is 0 Å². The number of allylic oxidation sites excluding steroid dienone is 3. The van der Waals surface area contributed by atoms with Crippen LogP contribution in [0.15, 0.2) is 71.4 Å². The van der Waals surface area contributed by atoms with Crippen LogP contribution >= 0.6 is 11.3 Å². The smallest absolute Gasteiger partial charge is 0.245 e. The average Bonchev–Trinajstić information content (AvgIpc) is 3.62. The van der Waals surface area contributed by atoms with Gasteiger partial charge in [0.15, 0.2) is 11.4 Å². The van der Waals surface area contributed by atoms with Gasteiger partial charge in [-0.15, -0.1) is 11.3 Å². The maximum atomic E-state index is 12.3. The average molecular weight is 564 g/mol. The molecule has 1 amide bonds. The first-order valence-corrected chi connectivity index (χ1v) is 14.0. The summed E-state index contributed by atoms with van der Waals surface area (Å²) in [5.41, 5.74) is 4.84. The fraction of sp³-hybridized carbons (Fsp3) is 0.355. The van der Waals surface area contributed by atoms with Crippen LogP contribution in [0.4, 0.5) is 5.13 Å². The summed E-state index contributed by atoms with van der Waals surface area (Å²) >= 11 is 1.40. The summed E-state index contributed by atoms with van der Waals surface area (Å²) in [4.78, 5) is 31.4. The maximum Gasteiger partial charge on any atom is 0.245 e. The summed E-state index contributed by atoms with van der Waals surface area (Å²) in [5, 5.41) is 8.27. The van der Waals surface area contributed by atoms with E-state index in [1.54, 1.807) is 26.6 Å². The molecule has 2 N–H and O–H groups in total. The summed E-state index contributed by atoms with van der Waals surface area (Å²) in [7, 11) is 3.29. The number of aldehydes is 1. The number of nitrogens with zero attached hydrogens (tertiary/aromatic N) is 3. The number of aliphatic imine (C=N–C) groups is 1. The second-order valence-corrected chi connectivity index (χ2v) is 10.8. The van der Waals surface area contributed by atoms with Crippen LogP contribution in [0.3, 0.4) is 0 Å². The first kappa shape index (κ1) is 32.6. The third kappa shape index (κ3) is 10.5. The minimum Gasteiger partial charge on any atom is -0.383 e. The van der Waals surface area contributed by atoms with Gasteiger partial charge >= 0.3 is 0 Å².